The highest BCUT2D eigenvalue weighted by Gasteiger charge is 2.29. The SMILES string of the molecule is COc1ccccc1C(=O)N1CCN(C(c2ccccc2)c2ccccc2)CC1.Cl. The molecule has 4 rings (SSSR count). The summed E-state index contributed by atoms with van der Waals surface area (Å²) in [5.41, 5.74) is 3.19. The van der Waals surface area contributed by atoms with Gasteiger partial charge in [-0.15, -0.1) is 12.4 Å². The lowest BCUT2D eigenvalue weighted by Gasteiger charge is -2.40. The Kier molecular flexibility index (Phi) is 7.50. The van der Waals surface area contributed by atoms with Gasteiger partial charge in [0.15, 0.2) is 0 Å². The highest BCUT2D eigenvalue weighted by atomic mass is 35.5. The minimum absolute atomic E-state index is 0. The van der Waals surface area contributed by atoms with Gasteiger partial charge in [0.1, 0.15) is 5.75 Å². The highest BCUT2D eigenvalue weighted by molar-refractivity contribution is 5.97. The topological polar surface area (TPSA) is 32.8 Å². The van der Waals surface area contributed by atoms with Gasteiger partial charge in [0.25, 0.3) is 5.91 Å². The molecule has 0 saturated carbocycles. The summed E-state index contributed by atoms with van der Waals surface area (Å²) in [6, 6.07) is 28.8. The van der Waals surface area contributed by atoms with Gasteiger partial charge in [-0.3, -0.25) is 9.69 Å². The van der Waals surface area contributed by atoms with Crippen molar-refractivity contribution in [1.82, 2.24) is 9.80 Å². The number of nitrogens with zero attached hydrogens (tertiary/aromatic N) is 2. The summed E-state index contributed by atoms with van der Waals surface area (Å²) in [5, 5.41) is 0. The van der Waals surface area contributed by atoms with Crippen molar-refractivity contribution in [2.45, 2.75) is 6.04 Å². The Morgan fingerprint density at radius 2 is 1.27 bits per heavy atom. The summed E-state index contributed by atoms with van der Waals surface area (Å²) in [5.74, 6) is 0.671. The lowest BCUT2D eigenvalue weighted by molar-refractivity contribution is 0.0594. The van der Waals surface area contributed by atoms with Gasteiger partial charge in [-0.05, 0) is 23.3 Å². The molecule has 156 valence electrons. The second kappa shape index (κ2) is 10.3. The number of halogens is 1. The minimum Gasteiger partial charge on any atom is -0.496 e. The molecule has 4 nitrogen and oxygen atoms in total. The molecule has 0 atom stereocenters. The van der Waals surface area contributed by atoms with E-state index in [1.807, 2.05) is 29.2 Å². The highest BCUT2D eigenvalue weighted by Crippen LogP contribution is 2.30. The van der Waals surface area contributed by atoms with Gasteiger partial charge in [0.2, 0.25) is 0 Å². The van der Waals surface area contributed by atoms with E-state index in [4.69, 9.17) is 4.74 Å². The summed E-state index contributed by atoms with van der Waals surface area (Å²) in [7, 11) is 1.61. The van der Waals surface area contributed by atoms with Gasteiger partial charge in [-0.25, -0.2) is 0 Å². The average molecular weight is 423 g/mol. The van der Waals surface area contributed by atoms with Crippen molar-refractivity contribution >= 4 is 18.3 Å². The molecule has 0 aliphatic carbocycles. The maximum absolute atomic E-state index is 13.0. The van der Waals surface area contributed by atoms with E-state index in [-0.39, 0.29) is 24.4 Å². The van der Waals surface area contributed by atoms with Crippen LogP contribution in [0.5, 0.6) is 5.75 Å². The van der Waals surface area contributed by atoms with Crippen molar-refractivity contribution < 1.29 is 9.53 Å². The van der Waals surface area contributed by atoms with Crippen LogP contribution in [0.4, 0.5) is 0 Å². The molecule has 30 heavy (non-hydrogen) atoms. The van der Waals surface area contributed by atoms with E-state index < -0.39 is 0 Å². The van der Waals surface area contributed by atoms with E-state index in [0.29, 0.717) is 24.4 Å². The Morgan fingerprint density at radius 3 is 1.80 bits per heavy atom. The Balaban J connectivity index is 0.00000256. The molecular formula is C25H27ClN2O2. The number of carbonyl (C=O) groups is 1. The van der Waals surface area contributed by atoms with Crippen LogP contribution in [-0.4, -0.2) is 49.0 Å². The molecule has 1 amide bonds. The third-order valence-corrected chi connectivity index (χ3v) is 5.53. The van der Waals surface area contributed by atoms with E-state index in [2.05, 4.69) is 65.6 Å². The number of hydrogen-bond acceptors (Lipinski definition) is 3. The van der Waals surface area contributed by atoms with E-state index in [1.165, 1.54) is 11.1 Å². The molecule has 1 saturated heterocycles. The molecule has 0 radical (unpaired) electrons. The van der Waals surface area contributed by atoms with E-state index >= 15 is 0 Å². The van der Waals surface area contributed by atoms with Crippen molar-refractivity contribution in [3.8, 4) is 5.75 Å². The second-order valence-corrected chi connectivity index (χ2v) is 7.25. The number of benzene rings is 3. The largest absolute Gasteiger partial charge is 0.496 e. The molecule has 0 N–H and O–H groups in total. The predicted octanol–water partition coefficient (Wildman–Crippen LogP) is 4.66. The molecule has 0 bridgehead atoms. The molecule has 3 aromatic rings. The van der Waals surface area contributed by atoms with Crippen LogP contribution in [0.2, 0.25) is 0 Å². The Bertz CT molecular complexity index is 902. The zero-order valence-electron chi connectivity index (χ0n) is 17.1. The van der Waals surface area contributed by atoms with Crippen molar-refractivity contribution in [3.63, 3.8) is 0 Å². The predicted molar refractivity (Wildman–Crippen MR) is 122 cm³/mol. The third-order valence-electron chi connectivity index (χ3n) is 5.53. The van der Waals surface area contributed by atoms with Crippen LogP contribution < -0.4 is 4.74 Å². The smallest absolute Gasteiger partial charge is 0.257 e. The third kappa shape index (κ3) is 4.66. The lowest BCUT2D eigenvalue weighted by atomic mass is 9.96. The first kappa shape index (κ1) is 21.9. The maximum Gasteiger partial charge on any atom is 0.257 e. The first-order valence-corrected chi connectivity index (χ1v) is 10.0. The molecule has 0 spiro atoms. The summed E-state index contributed by atoms with van der Waals surface area (Å²) in [6.45, 7) is 3.06. The van der Waals surface area contributed by atoms with Crippen LogP contribution in [0.15, 0.2) is 84.9 Å². The Labute approximate surface area is 184 Å². The van der Waals surface area contributed by atoms with Crippen LogP contribution in [0.1, 0.15) is 27.5 Å². The fourth-order valence-corrected chi connectivity index (χ4v) is 4.06. The molecule has 3 aromatic carbocycles. The summed E-state index contributed by atoms with van der Waals surface area (Å²) in [4.78, 5) is 17.4. The average Bonchev–Trinajstić information content (AvgIpc) is 2.81. The summed E-state index contributed by atoms with van der Waals surface area (Å²) < 4.78 is 5.37. The van der Waals surface area contributed by atoms with Crippen molar-refractivity contribution in [3.05, 3.63) is 102 Å². The molecule has 0 aromatic heterocycles. The molecule has 1 fully saturated rings. The van der Waals surface area contributed by atoms with E-state index in [1.54, 1.807) is 7.11 Å². The number of hydrogen-bond donors (Lipinski definition) is 0. The molecular weight excluding hydrogens is 396 g/mol. The van der Waals surface area contributed by atoms with Crippen molar-refractivity contribution in [2.75, 3.05) is 33.3 Å². The number of amides is 1. The van der Waals surface area contributed by atoms with E-state index in [9.17, 15) is 4.79 Å². The standard InChI is InChI=1S/C25H26N2O2.ClH/c1-29-23-15-9-8-14-22(23)25(28)27-18-16-26(17-19-27)24(20-10-4-2-5-11-20)21-12-6-3-7-13-21;/h2-15,24H,16-19H2,1H3;1H. The van der Waals surface area contributed by atoms with Crippen LogP contribution >= 0.6 is 12.4 Å². The maximum atomic E-state index is 13.0. The van der Waals surface area contributed by atoms with Crippen LogP contribution in [0.25, 0.3) is 0 Å². The number of rotatable bonds is 5. The Morgan fingerprint density at radius 1 is 0.767 bits per heavy atom. The van der Waals surface area contributed by atoms with Crippen LogP contribution in [0.3, 0.4) is 0 Å². The lowest BCUT2D eigenvalue weighted by Crippen LogP contribution is -2.49. The molecule has 0 unspecified atom stereocenters. The molecule has 1 aliphatic heterocycles. The number of piperazine rings is 1. The number of para-hydroxylation sites is 1. The monoisotopic (exact) mass is 422 g/mol. The number of ether oxygens (including phenoxy) is 1. The van der Waals surface area contributed by atoms with Crippen LogP contribution in [-0.2, 0) is 0 Å². The van der Waals surface area contributed by atoms with Crippen molar-refractivity contribution in [1.29, 1.82) is 0 Å². The molecule has 5 heteroatoms. The molecule has 1 heterocycles. The number of methoxy groups -OCH3 is 1. The quantitative estimate of drug-likeness (QED) is 0.599. The van der Waals surface area contributed by atoms with Gasteiger partial charge in [0.05, 0.1) is 18.7 Å². The van der Waals surface area contributed by atoms with Gasteiger partial charge < -0.3 is 9.64 Å². The Hall–Kier alpha value is -2.82. The summed E-state index contributed by atoms with van der Waals surface area (Å²) in [6.07, 6.45) is 0. The zero-order valence-corrected chi connectivity index (χ0v) is 17.9. The minimum atomic E-state index is 0. The second-order valence-electron chi connectivity index (χ2n) is 7.25. The zero-order chi connectivity index (χ0) is 20.1. The van der Waals surface area contributed by atoms with Crippen LogP contribution in [0, 0.1) is 0 Å². The summed E-state index contributed by atoms with van der Waals surface area (Å²) >= 11 is 0. The molecule has 1 aliphatic rings. The van der Waals surface area contributed by atoms with Crippen molar-refractivity contribution in [2.24, 2.45) is 0 Å². The van der Waals surface area contributed by atoms with Gasteiger partial charge in [-0.1, -0.05) is 72.8 Å². The fourth-order valence-electron chi connectivity index (χ4n) is 4.06. The van der Waals surface area contributed by atoms with E-state index in [0.717, 1.165) is 13.1 Å². The van der Waals surface area contributed by atoms with Gasteiger partial charge in [-0.2, -0.15) is 0 Å². The fraction of sp³-hybridized carbons (Fsp3) is 0.240. The van der Waals surface area contributed by atoms with Gasteiger partial charge >= 0.3 is 0 Å². The first-order chi connectivity index (χ1) is 14.3. The first-order valence-electron chi connectivity index (χ1n) is 10.0. The number of carbonyl (C=O) groups excluding carboxylic acids is 1. The van der Waals surface area contributed by atoms with Gasteiger partial charge in [0, 0.05) is 26.2 Å². The normalized spacial score (nSPS) is 14.3.